The molecule has 0 saturated carbocycles. The number of hydrogen-bond donors (Lipinski definition) is 2. The highest BCUT2D eigenvalue weighted by Crippen LogP contribution is 2.33. The highest BCUT2D eigenvalue weighted by atomic mass is 32.2. The van der Waals surface area contributed by atoms with E-state index < -0.39 is 9.84 Å². The minimum Gasteiger partial charge on any atom is -0.354 e. The van der Waals surface area contributed by atoms with Crippen molar-refractivity contribution in [3.8, 4) is 0 Å². The molecule has 11 heteroatoms. The molecule has 1 aliphatic heterocycles. The van der Waals surface area contributed by atoms with E-state index in [-0.39, 0.29) is 5.75 Å². The fourth-order valence-corrected chi connectivity index (χ4v) is 5.97. The molecule has 0 amide bonds. The van der Waals surface area contributed by atoms with Gasteiger partial charge in [-0.15, -0.1) is 11.3 Å². The molecular formula is C29H29N7O2S2. The summed E-state index contributed by atoms with van der Waals surface area (Å²) >= 11 is 1.57. The lowest BCUT2D eigenvalue weighted by atomic mass is 10.1. The van der Waals surface area contributed by atoms with Crippen molar-refractivity contribution in [2.45, 2.75) is 19.6 Å². The molecule has 0 atom stereocenters. The Morgan fingerprint density at radius 2 is 1.95 bits per heavy atom. The quantitative estimate of drug-likeness (QED) is 0.230. The minimum atomic E-state index is -2.98. The van der Waals surface area contributed by atoms with Gasteiger partial charge in [-0.05, 0) is 29.8 Å². The number of aromatic nitrogens is 4. The van der Waals surface area contributed by atoms with Crippen molar-refractivity contribution in [3.63, 3.8) is 0 Å². The van der Waals surface area contributed by atoms with Crippen LogP contribution < -0.4 is 15.5 Å². The van der Waals surface area contributed by atoms with Crippen molar-refractivity contribution < 1.29 is 8.42 Å². The lowest BCUT2D eigenvalue weighted by Gasteiger charge is -2.25. The normalized spacial score (nSPS) is 13.1. The van der Waals surface area contributed by atoms with Gasteiger partial charge < -0.3 is 15.5 Å². The van der Waals surface area contributed by atoms with E-state index in [9.17, 15) is 8.42 Å². The van der Waals surface area contributed by atoms with Crippen LogP contribution in [-0.2, 0) is 29.5 Å². The summed E-state index contributed by atoms with van der Waals surface area (Å²) in [7, 11) is -2.98. The molecule has 40 heavy (non-hydrogen) atoms. The van der Waals surface area contributed by atoms with Gasteiger partial charge in [0.2, 0.25) is 0 Å². The molecule has 0 fully saturated rings. The van der Waals surface area contributed by atoms with Crippen molar-refractivity contribution >= 4 is 54.7 Å². The molecular weight excluding hydrogens is 543 g/mol. The maximum Gasteiger partial charge on any atom is 0.189 e. The standard InChI is InChI=1S/C29H29N7O2S2/c1-40(37,38)12-10-30-16-25-20-39-29(34-25)35-11-9-22-14-31-17-27(26(22)19-35)33-24-7-8-28-23(13-24)15-32-36(28)18-21-5-3-2-4-6-21/h2-9,11,13-15,17,20,30,33H,10,12,16,18-19H2,1H3. The molecule has 0 radical (unpaired) electrons. The Balaban J connectivity index is 1.15. The Kier molecular flexibility index (Phi) is 7.33. The molecule has 0 spiro atoms. The number of pyridine rings is 1. The molecule has 3 aromatic heterocycles. The molecule has 0 bridgehead atoms. The Hall–Kier alpha value is -4.06. The largest absolute Gasteiger partial charge is 0.354 e. The number of hydrogen-bond acceptors (Lipinski definition) is 9. The highest BCUT2D eigenvalue weighted by Gasteiger charge is 2.19. The van der Waals surface area contributed by atoms with Crippen molar-refractivity contribution in [2.75, 3.05) is 28.8 Å². The molecule has 0 aliphatic carbocycles. The molecule has 2 N–H and O–H groups in total. The van der Waals surface area contributed by atoms with E-state index in [1.54, 1.807) is 11.3 Å². The Labute approximate surface area is 237 Å². The monoisotopic (exact) mass is 571 g/mol. The van der Waals surface area contributed by atoms with E-state index in [4.69, 9.17) is 4.98 Å². The van der Waals surface area contributed by atoms with Crippen molar-refractivity contribution in [2.24, 2.45) is 0 Å². The molecule has 204 valence electrons. The van der Waals surface area contributed by atoms with E-state index in [0.29, 0.717) is 19.6 Å². The number of anilines is 3. The molecule has 1 aliphatic rings. The van der Waals surface area contributed by atoms with Gasteiger partial charge in [-0.2, -0.15) is 5.10 Å². The van der Waals surface area contributed by atoms with Crippen LogP contribution in [0.15, 0.2) is 78.7 Å². The predicted molar refractivity (Wildman–Crippen MR) is 162 cm³/mol. The topological polar surface area (TPSA) is 105 Å². The van der Waals surface area contributed by atoms with Crippen molar-refractivity contribution in [1.29, 1.82) is 0 Å². The second kappa shape index (κ2) is 11.2. The molecule has 4 heterocycles. The zero-order valence-corrected chi connectivity index (χ0v) is 23.6. The Bertz CT molecular complexity index is 1780. The van der Waals surface area contributed by atoms with Crippen LogP contribution in [0.3, 0.4) is 0 Å². The first kappa shape index (κ1) is 26.2. The second-order valence-corrected chi connectivity index (χ2v) is 12.9. The van der Waals surface area contributed by atoms with Crippen LogP contribution in [0.1, 0.15) is 22.4 Å². The maximum absolute atomic E-state index is 11.3. The van der Waals surface area contributed by atoms with Crippen LogP contribution in [0.5, 0.6) is 0 Å². The Morgan fingerprint density at radius 3 is 2.80 bits per heavy atom. The fraction of sp³-hybridized carbons (Fsp3) is 0.207. The van der Waals surface area contributed by atoms with Gasteiger partial charge in [0.15, 0.2) is 5.13 Å². The summed E-state index contributed by atoms with van der Waals surface area (Å²) in [5, 5.41) is 15.3. The molecule has 0 unspecified atom stereocenters. The van der Waals surface area contributed by atoms with Gasteiger partial charge in [-0.25, -0.2) is 13.4 Å². The summed E-state index contributed by atoms with van der Waals surface area (Å²) in [5.41, 5.74) is 7.31. The first-order chi connectivity index (χ1) is 19.4. The van der Waals surface area contributed by atoms with Gasteiger partial charge >= 0.3 is 0 Å². The molecule has 6 rings (SSSR count). The molecule has 5 aromatic rings. The van der Waals surface area contributed by atoms with Crippen LogP contribution in [-0.4, -0.2) is 46.7 Å². The Morgan fingerprint density at radius 1 is 1.07 bits per heavy atom. The molecule has 9 nitrogen and oxygen atoms in total. The maximum atomic E-state index is 11.3. The number of fused-ring (bicyclic) bond motifs is 2. The van der Waals surface area contributed by atoms with Gasteiger partial charge in [-0.1, -0.05) is 30.3 Å². The second-order valence-electron chi connectivity index (χ2n) is 9.81. The molecule has 2 aromatic carbocycles. The van der Waals surface area contributed by atoms with Crippen LogP contribution in [0.25, 0.3) is 17.0 Å². The molecule has 0 saturated heterocycles. The summed E-state index contributed by atoms with van der Waals surface area (Å²) in [6.45, 7) is 2.32. The first-order valence-electron chi connectivity index (χ1n) is 12.9. The summed E-state index contributed by atoms with van der Waals surface area (Å²) in [6, 6.07) is 16.6. The van der Waals surface area contributed by atoms with Gasteiger partial charge in [0.25, 0.3) is 0 Å². The highest BCUT2D eigenvalue weighted by molar-refractivity contribution is 7.90. The van der Waals surface area contributed by atoms with Gasteiger partial charge in [-0.3, -0.25) is 9.67 Å². The van der Waals surface area contributed by atoms with Crippen LogP contribution in [0.4, 0.5) is 16.5 Å². The van der Waals surface area contributed by atoms with E-state index in [1.807, 2.05) is 53.1 Å². The smallest absolute Gasteiger partial charge is 0.189 e. The van der Waals surface area contributed by atoms with Crippen molar-refractivity contribution in [3.05, 3.63) is 101 Å². The zero-order chi connectivity index (χ0) is 27.5. The first-order valence-corrected chi connectivity index (χ1v) is 15.9. The number of sulfone groups is 1. The lowest BCUT2D eigenvalue weighted by Crippen LogP contribution is -2.22. The van der Waals surface area contributed by atoms with Gasteiger partial charge in [0.05, 0.1) is 48.1 Å². The summed E-state index contributed by atoms with van der Waals surface area (Å²) in [5.74, 6) is 0.114. The minimum absolute atomic E-state index is 0.114. The van der Waals surface area contributed by atoms with E-state index in [1.165, 1.54) is 11.8 Å². The average Bonchev–Trinajstić information content (AvgIpc) is 3.58. The lowest BCUT2D eigenvalue weighted by molar-refractivity contribution is 0.596. The van der Waals surface area contributed by atoms with Gasteiger partial charge in [0.1, 0.15) is 9.84 Å². The van der Waals surface area contributed by atoms with Crippen LogP contribution >= 0.6 is 11.3 Å². The number of nitrogens with one attached hydrogen (secondary N) is 2. The average molecular weight is 572 g/mol. The van der Waals surface area contributed by atoms with E-state index in [2.05, 4.69) is 62.0 Å². The number of nitrogens with zero attached hydrogens (tertiary/aromatic N) is 5. The number of benzene rings is 2. The SMILES string of the molecule is CS(=O)(=O)CCNCc1csc(N2C=Cc3cncc(Nc4ccc5c(cnn5Cc5ccccc5)c4)c3C2)n1. The zero-order valence-electron chi connectivity index (χ0n) is 22.0. The third kappa shape index (κ3) is 6.06. The van der Waals surface area contributed by atoms with Gasteiger partial charge in [0, 0.05) is 59.3 Å². The number of rotatable bonds is 10. The third-order valence-corrected chi connectivity index (χ3v) is 8.56. The summed E-state index contributed by atoms with van der Waals surface area (Å²) in [6.07, 6.45) is 11.0. The third-order valence-electron chi connectivity index (χ3n) is 6.69. The summed E-state index contributed by atoms with van der Waals surface area (Å²) < 4.78 is 24.7. The van der Waals surface area contributed by atoms with E-state index in [0.717, 1.165) is 50.8 Å². The fourth-order valence-electron chi connectivity index (χ4n) is 4.64. The van der Waals surface area contributed by atoms with Crippen molar-refractivity contribution in [1.82, 2.24) is 25.1 Å². The summed E-state index contributed by atoms with van der Waals surface area (Å²) in [4.78, 5) is 11.3. The van der Waals surface area contributed by atoms with E-state index >= 15 is 0 Å². The number of thiazole rings is 1. The van der Waals surface area contributed by atoms with Crippen LogP contribution in [0, 0.1) is 0 Å². The predicted octanol–water partition coefficient (Wildman–Crippen LogP) is 4.80. The van der Waals surface area contributed by atoms with Crippen LogP contribution in [0.2, 0.25) is 0 Å².